The summed E-state index contributed by atoms with van der Waals surface area (Å²) in [6, 6.07) is 12.1. The Labute approximate surface area is 254 Å². The molecule has 3 aromatic rings. The molecule has 0 saturated carbocycles. The van der Waals surface area contributed by atoms with Gasteiger partial charge in [-0.3, -0.25) is 4.79 Å². The molecule has 1 fully saturated rings. The number of nitrogens with one attached hydrogen (secondary N) is 1. The van der Waals surface area contributed by atoms with Gasteiger partial charge >= 0.3 is 12.1 Å². The summed E-state index contributed by atoms with van der Waals surface area (Å²) in [4.78, 5) is 24.6. The van der Waals surface area contributed by atoms with Crippen LogP contribution in [0.4, 0.5) is 13.2 Å². The SMILES string of the molecule is CCS(=O)(=O)N1CCC(c2c[nH]c3c(C(N)=O)cc(-c4cc(C#N)cc(CCCC(C)C)c4)cc23)CC1.O=C(O)C(F)(F)F. The van der Waals surface area contributed by atoms with E-state index in [1.807, 2.05) is 18.3 Å². The highest BCUT2D eigenvalue weighted by Gasteiger charge is 2.38. The number of amides is 1. The highest BCUT2D eigenvalue weighted by molar-refractivity contribution is 7.89. The second-order valence-corrected chi connectivity index (χ2v) is 13.5. The Hall–Kier alpha value is -3.89. The fourth-order valence-corrected chi connectivity index (χ4v) is 6.49. The molecule has 0 bridgehead atoms. The number of H-pyrrole nitrogens is 1. The lowest BCUT2D eigenvalue weighted by Gasteiger charge is -2.31. The molecule has 4 N–H and O–H groups in total. The monoisotopic (exact) mass is 634 g/mol. The average Bonchev–Trinajstić information content (AvgIpc) is 3.40. The highest BCUT2D eigenvalue weighted by Crippen LogP contribution is 2.37. The van der Waals surface area contributed by atoms with Crippen LogP contribution in [0.3, 0.4) is 0 Å². The quantitative estimate of drug-likeness (QED) is 0.264. The summed E-state index contributed by atoms with van der Waals surface area (Å²) < 4.78 is 57.9. The molecule has 1 aromatic heterocycles. The van der Waals surface area contributed by atoms with E-state index in [1.54, 1.807) is 17.3 Å². The van der Waals surface area contributed by atoms with Crippen molar-refractivity contribution in [2.45, 2.75) is 65.0 Å². The second kappa shape index (κ2) is 14.3. The van der Waals surface area contributed by atoms with Gasteiger partial charge in [-0.2, -0.15) is 18.4 Å². The van der Waals surface area contributed by atoms with Gasteiger partial charge in [-0.25, -0.2) is 17.5 Å². The summed E-state index contributed by atoms with van der Waals surface area (Å²) in [7, 11) is -3.20. The van der Waals surface area contributed by atoms with E-state index in [0.717, 1.165) is 46.9 Å². The van der Waals surface area contributed by atoms with Gasteiger partial charge < -0.3 is 15.8 Å². The summed E-state index contributed by atoms with van der Waals surface area (Å²) in [6.45, 7) is 7.06. The number of piperidine rings is 1. The summed E-state index contributed by atoms with van der Waals surface area (Å²) in [5.74, 6) is -2.37. The maximum Gasteiger partial charge on any atom is 0.490 e. The number of halogens is 3. The number of carbonyl (C=O) groups excluding carboxylic acids is 1. The molecule has 0 unspecified atom stereocenters. The normalized spacial score (nSPS) is 14.7. The van der Waals surface area contributed by atoms with Crippen molar-refractivity contribution in [3.8, 4) is 17.2 Å². The second-order valence-electron chi connectivity index (χ2n) is 11.2. The first kappa shape index (κ1) is 34.6. The number of nitrogens with zero attached hydrogens (tertiary/aromatic N) is 2. The van der Waals surface area contributed by atoms with Crippen molar-refractivity contribution in [3.05, 3.63) is 58.8 Å². The molecule has 0 spiro atoms. The van der Waals surface area contributed by atoms with Gasteiger partial charge in [-0.1, -0.05) is 26.3 Å². The zero-order valence-electron chi connectivity index (χ0n) is 24.9. The molecule has 1 amide bonds. The van der Waals surface area contributed by atoms with Crippen molar-refractivity contribution >= 4 is 32.8 Å². The summed E-state index contributed by atoms with van der Waals surface area (Å²) in [5, 5.41) is 17.7. The van der Waals surface area contributed by atoms with Gasteiger partial charge in [-0.15, -0.1) is 0 Å². The van der Waals surface area contributed by atoms with Gasteiger partial charge in [0.2, 0.25) is 10.0 Å². The predicted molar refractivity (Wildman–Crippen MR) is 161 cm³/mol. The molecular weight excluding hydrogens is 597 g/mol. The van der Waals surface area contributed by atoms with E-state index in [4.69, 9.17) is 15.6 Å². The third-order valence-corrected chi connectivity index (χ3v) is 9.56. The largest absolute Gasteiger partial charge is 0.490 e. The number of aromatic nitrogens is 1. The Morgan fingerprint density at radius 3 is 2.27 bits per heavy atom. The van der Waals surface area contributed by atoms with Crippen molar-refractivity contribution in [2.75, 3.05) is 18.8 Å². The van der Waals surface area contributed by atoms with Crippen LogP contribution in [0.25, 0.3) is 22.0 Å². The minimum atomic E-state index is -5.08. The maximum atomic E-state index is 12.4. The van der Waals surface area contributed by atoms with E-state index in [2.05, 4.69) is 37.0 Å². The number of hydrogen-bond donors (Lipinski definition) is 3. The molecule has 1 aliphatic heterocycles. The van der Waals surface area contributed by atoms with Crippen molar-refractivity contribution < 1.29 is 36.3 Å². The van der Waals surface area contributed by atoms with Gasteiger partial charge in [0.25, 0.3) is 5.91 Å². The van der Waals surface area contributed by atoms with Crippen LogP contribution in [-0.4, -0.2) is 59.7 Å². The van der Waals surface area contributed by atoms with E-state index >= 15 is 0 Å². The van der Waals surface area contributed by atoms with Gasteiger partial charge in [0, 0.05) is 24.7 Å². The molecule has 238 valence electrons. The zero-order chi connectivity index (χ0) is 32.8. The van der Waals surface area contributed by atoms with Gasteiger partial charge in [0.15, 0.2) is 0 Å². The average molecular weight is 635 g/mol. The molecule has 2 aromatic carbocycles. The fraction of sp³-hybridized carbons (Fsp3) is 0.452. The van der Waals surface area contributed by atoms with Crippen LogP contribution >= 0.6 is 0 Å². The van der Waals surface area contributed by atoms with Gasteiger partial charge in [0.05, 0.1) is 28.5 Å². The smallest absolute Gasteiger partial charge is 0.475 e. The van der Waals surface area contributed by atoms with Gasteiger partial charge in [-0.05, 0) is 91.0 Å². The van der Waals surface area contributed by atoms with Crippen LogP contribution in [-0.2, 0) is 21.2 Å². The number of nitrogens with two attached hydrogens (primary N) is 1. The number of nitriles is 1. The number of aryl methyl sites for hydroxylation is 1. The molecule has 0 aliphatic carbocycles. The number of sulfonamides is 1. The zero-order valence-corrected chi connectivity index (χ0v) is 25.7. The lowest BCUT2D eigenvalue weighted by atomic mass is 9.88. The fourth-order valence-electron chi connectivity index (χ4n) is 5.36. The van der Waals surface area contributed by atoms with Crippen molar-refractivity contribution in [3.63, 3.8) is 0 Å². The molecule has 2 heterocycles. The molecule has 13 heteroatoms. The molecule has 1 aliphatic rings. The maximum absolute atomic E-state index is 12.4. The summed E-state index contributed by atoms with van der Waals surface area (Å²) >= 11 is 0. The molecule has 0 radical (unpaired) electrons. The summed E-state index contributed by atoms with van der Waals surface area (Å²) in [5.41, 5.74) is 11.4. The Kier molecular flexibility index (Phi) is 11.2. The molecule has 4 rings (SSSR count). The Morgan fingerprint density at radius 1 is 1.14 bits per heavy atom. The molecule has 44 heavy (non-hydrogen) atoms. The number of aromatic amines is 1. The number of carboxylic acids is 1. The lowest BCUT2D eigenvalue weighted by Crippen LogP contribution is -2.38. The molecule has 0 atom stereocenters. The first-order valence-electron chi connectivity index (χ1n) is 14.3. The molecular formula is C31H37F3N4O5S. The Bertz CT molecular complexity index is 1650. The highest BCUT2D eigenvalue weighted by atomic mass is 32.2. The van der Waals surface area contributed by atoms with E-state index in [1.165, 1.54) is 0 Å². The summed E-state index contributed by atoms with van der Waals surface area (Å²) in [6.07, 6.45) is 1.33. The number of fused-ring (bicyclic) bond motifs is 1. The van der Waals surface area contributed by atoms with Crippen LogP contribution in [0.1, 0.15) is 79.4 Å². The number of primary amides is 1. The standard InChI is InChI=1S/C29H36N4O3S.C2HF3O2/c1-4-37(35,36)33-10-8-22(9-11-33)27-18-32-28-25(27)15-24(16-26(28)29(31)34)23-13-20(7-5-6-19(2)3)12-21(14-23)17-30;3-2(4,5)1(6)7/h12-16,18-19,22,32H,4-11H2,1-3H3,(H2,31,34);(H,6,7). The van der Waals surface area contributed by atoms with Crippen LogP contribution in [0.2, 0.25) is 0 Å². The Balaban J connectivity index is 0.000000676. The topological polar surface area (TPSA) is 157 Å². The number of aliphatic carboxylic acids is 1. The van der Waals surface area contributed by atoms with E-state index in [-0.39, 0.29) is 11.7 Å². The molecule has 1 saturated heterocycles. The van der Waals surface area contributed by atoms with Crippen molar-refractivity contribution in [1.82, 2.24) is 9.29 Å². The number of alkyl halides is 3. The number of benzene rings is 2. The van der Waals surface area contributed by atoms with Crippen molar-refractivity contribution in [2.24, 2.45) is 11.7 Å². The number of hydrogen-bond acceptors (Lipinski definition) is 5. The predicted octanol–water partition coefficient (Wildman–Crippen LogP) is 5.95. The van der Waals surface area contributed by atoms with Crippen LogP contribution < -0.4 is 5.73 Å². The van der Waals surface area contributed by atoms with E-state index in [0.29, 0.717) is 48.5 Å². The minimum Gasteiger partial charge on any atom is -0.475 e. The van der Waals surface area contributed by atoms with E-state index < -0.39 is 28.1 Å². The first-order chi connectivity index (χ1) is 20.6. The van der Waals surface area contributed by atoms with E-state index in [9.17, 15) is 31.6 Å². The first-order valence-corrected chi connectivity index (χ1v) is 16.0. The number of carboxylic acid groups (broad SMARTS) is 1. The number of rotatable bonds is 9. The lowest BCUT2D eigenvalue weighted by molar-refractivity contribution is -0.192. The van der Waals surface area contributed by atoms with Crippen molar-refractivity contribution in [1.29, 1.82) is 5.26 Å². The third-order valence-electron chi connectivity index (χ3n) is 7.68. The van der Waals surface area contributed by atoms with Crippen LogP contribution in [0, 0.1) is 17.2 Å². The third kappa shape index (κ3) is 8.60. The Morgan fingerprint density at radius 2 is 1.75 bits per heavy atom. The van der Waals surface area contributed by atoms with Crippen LogP contribution in [0.15, 0.2) is 36.5 Å². The number of carbonyl (C=O) groups is 2. The van der Waals surface area contributed by atoms with Crippen LogP contribution in [0.5, 0.6) is 0 Å². The molecule has 9 nitrogen and oxygen atoms in total. The minimum absolute atomic E-state index is 0.108. The van der Waals surface area contributed by atoms with Gasteiger partial charge in [0.1, 0.15) is 0 Å².